The lowest BCUT2D eigenvalue weighted by Crippen LogP contribution is -2.63. The van der Waals surface area contributed by atoms with Crippen LogP contribution in [0.3, 0.4) is 0 Å². The van der Waals surface area contributed by atoms with Crippen LogP contribution in [0.2, 0.25) is 0 Å². The Bertz CT molecular complexity index is 459. The number of piperazine rings is 1. The van der Waals surface area contributed by atoms with E-state index in [4.69, 9.17) is 4.74 Å². The van der Waals surface area contributed by atoms with Crippen LogP contribution in [0.1, 0.15) is 25.8 Å². The van der Waals surface area contributed by atoms with Crippen molar-refractivity contribution in [3.63, 3.8) is 0 Å². The molecule has 1 aliphatic rings. The lowest BCUT2D eigenvalue weighted by atomic mass is 9.95. The van der Waals surface area contributed by atoms with Crippen molar-refractivity contribution in [1.82, 2.24) is 10.2 Å². The molecule has 1 fully saturated rings. The molecule has 1 amide bonds. The second kappa shape index (κ2) is 7.05. The highest BCUT2D eigenvalue weighted by molar-refractivity contribution is 5.77. The molecular weight excluding hydrogens is 264 g/mol. The molecule has 0 saturated carbocycles. The molecule has 1 unspecified atom stereocenters. The van der Waals surface area contributed by atoms with Gasteiger partial charge in [-0.15, -0.1) is 0 Å². The van der Waals surface area contributed by atoms with Crippen LogP contribution in [-0.4, -0.2) is 49.2 Å². The van der Waals surface area contributed by atoms with Gasteiger partial charge in [-0.1, -0.05) is 30.3 Å². The minimum absolute atomic E-state index is 0.0318. The molecule has 0 radical (unpaired) electrons. The molecule has 116 valence electrons. The summed E-state index contributed by atoms with van der Waals surface area (Å²) in [5.41, 5.74) is 1.24. The fourth-order valence-corrected chi connectivity index (χ4v) is 2.81. The highest BCUT2D eigenvalue weighted by Crippen LogP contribution is 2.19. The summed E-state index contributed by atoms with van der Waals surface area (Å²) in [6.45, 7) is 6.35. The van der Waals surface area contributed by atoms with Gasteiger partial charge in [0, 0.05) is 31.8 Å². The van der Waals surface area contributed by atoms with Gasteiger partial charge in [0.05, 0.1) is 13.0 Å². The topological polar surface area (TPSA) is 41.6 Å². The van der Waals surface area contributed by atoms with Gasteiger partial charge in [-0.05, 0) is 25.8 Å². The Morgan fingerprint density at radius 2 is 2.10 bits per heavy atom. The predicted octanol–water partition coefficient (Wildman–Crippen LogP) is 1.84. The number of methoxy groups -OCH3 is 1. The number of carbonyl (C=O) groups is 1. The average molecular weight is 290 g/mol. The van der Waals surface area contributed by atoms with E-state index in [2.05, 4.69) is 31.3 Å². The molecule has 1 aliphatic heterocycles. The Balaban J connectivity index is 2.07. The molecule has 1 saturated heterocycles. The van der Waals surface area contributed by atoms with Crippen molar-refractivity contribution in [1.29, 1.82) is 0 Å². The summed E-state index contributed by atoms with van der Waals surface area (Å²) in [5.74, 6) is 0.187. The van der Waals surface area contributed by atoms with Crippen LogP contribution < -0.4 is 5.32 Å². The fraction of sp³-hybridized carbons (Fsp3) is 0.588. The number of benzene rings is 1. The number of hydrogen-bond donors (Lipinski definition) is 1. The molecule has 1 N–H and O–H groups in total. The Labute approximate surface area is 127 Å². The summed E-state index contributed by atoms with van der Waals surface area (Å²) in [7, 11) is 1.64. The Kier molecular flexibility index (Phi) is 5.37. The zero-order valence-electron chi connectivity index (χ0n) is 13.3. The van der Waals surface area contributed by atoms with Gasteiger partial charge in [0.1, 0.15) is 0 Å². The smallest absolute Gasteiger partial charge is 0.225 e. The van der Waals surface area contributed by atoms with E-state index in [0.29, 0.717) is 13.0 Å². The van der Waals surface area contributed by atoms with E-state index in [0.717, 1.165) is 19.5 Å². The van der Waals surface area contributed by atoms with E-state index >= 15 is 0 Å². The lowest BCUT2D eigenvalue weighted by Gasteiger charge is -2.45. The van der Waals surface area contributed by atoms with Crippen molar-refractivity contribution >= 4 is 5.91 Å². The van der Waals surface area contributed by atoms with Crippen LogP contribution in [-0.2, 0) is 16.0 Å². The van der Waals surface area contributed by atoms with Gasteiger partial charge < -0.3 is 15.0 Å². The quantitative estimate of drug-likeness (QED) is 0.900. The molecule has 0 aliphatic carbocycles. The normalized spacial score (nSPS) is 21.3. The fourth-order valence-electron chi connectivity index (χ4n) is 2.81. The summed E-state index contributed by atoms with van der Waals surface area (Å²) in [4.78, 5) is 14.5. The van der Waals surface area contributed by atoms with Gasteiger partial charge >= 0.3 is 0 Å². The summed E-state index contributed by atoms with van der Waals surface area (Å²) in [6, 6.07) is 10.6. The molecule has 0 bridgehead atoms. The van der Waals surface area contributed by atoms with Crippen molar-refractivity contribution in [3.8, 4) is 0 Å². The van der Waals surface area contributed by atoms with Gasteiger partial charge in [0.15, 0.2) is 0 Å². The molecule has 1 heterocycles. The molecule has 4 heteroatoms. The number of amides is 1. The van der Waals surface area contributed by atoms with Crippen molar-refractivity contribution in [3.05, 3.63) is 35.9 Å². The molecule has 1 aromatic carbocycles. The second-order valence-corrected chi connectivity index (χ2v) is 6.37. The van der Waals surface area contributed by atoms with E-state index in [-0.39, 0.29) is 17.5 Å². The molecule has 2 rings (SSSR count). The van der Waals surface area contributed by atoms with E-state index in [9.17, 15) is 4.79 Å². The average Bonchev–Trinajstić information content (AvgIpc) is 2.47. The Morgan fingerprint density at radius 3 is 2.76 bits per heavy atom. The zero-order chi connectivity index (χ0) is 15.3. The zero-order valence-corrected chi connectivity index (χ0v) is 13.3. The van der Waals surface area contributed by atoms with Crippen LogP contribution >= 0.6 is 0 Å². The number of nitrogens with zero attached hydrogens (tertiary/aromatic N) is 1. The van der Waals surface area contributed by atoms with Gasteiger partial charge in [-0.3, -0.25) is 4.79 Å². The molecular formula is C17H26N2O2. The third-order valence-corrected chi connectivity index (χ3v) is 3.98. The van der Waals surface area contributed by atoms with Crippen molar-refractivity contribution in [2.24, 2.45) is 0 Å². The molecule has 1 atom stereocenters. The maximum Gasteiger partial charge on any atom is 0.225 e. The van der Waals surface area contributed by atoms with Gasteiger partial charge in [0.25, 0.3) is 0 Å². The third kappa shape index (κ3) is 4.55. The standard InChI is InChI=1S/C17H26N2O2/c1-17(2)13-19(16(20)9-10-21-3)15(12-18-17)11-14-7-5-4-6-8-14/h4-8,15,18H,9-13H2,1-3H3. The molecule has 0 aromatic heterocycles. The summed E-state index contributed by atoms with van der Waals surface area (Å²) < 4.78 is 5.05. The summed E-state index contributed by atoms with van der Waals surface area (Å²) in [5, 5.41) is 3.54. The van der Waals surface area contributed by atoms with Crippen molar-refractivity contribution in [2.75, 3.05) is 26.8 Å². The number of nitrogens with one attached hydrogen (secondary N) is 1. The maximum atomic E-state index is 12.5. The first-order chi connectivity index (χ1) is 10.0. The van der Waals surface area contributed by atoms with Crippen LogP contribution in [0.25, 0.3) is 0 Å². The summed E-state index contributed by atoms with van der Waals surface area (Å²) in [6.07, 6.45) is 1.35. The van der Waals surface area contributed by atoms with Crippen molar-refractivity contribution in [2.45, 2.75) is 38.3 Å². The Hall–Kier alpha value is -1.39. The largest absolute Gasteiger partial charge is 0.384 e. The lowest BCUT2D eigenvalue weighted by molar-refractivity contribution is -0.137. The monoisotopic (exact) mass is 290 g/mol. The molecule has 1 aromatic rings. The van der Waals surface area contributed by atoms with Crippen molar-refractivity contribution < 1.29 is 9.53 Å². The molecule has 0 spiro atoms. The van der Waals surface area contributed by atoms with Gasteiger partial charge in [0.2, 0.25) is 5.91 Å². The first kappa shape index (κ1) is 16.0. The van der Waals surface area contributed by atoms with Crippen LogP contribution in [0.4, 0.5) is 0 Å². The summed E-state index contributed by atoms with van der Waals surface area (Å²) >= 11 is 0. The number of carbonyl (C=O) groups excluding carboxylic acids is 1. The van der Waals surface area contributed by atoms with Gasteiger partial charge in [-0.25, -0.2) is 0 Å². The highest BCUT2D eigenvalue weighted by atomic mass is 16.5. The minimum atomic E-state index is -0.0318. The number of hydrogen-bond acceptors (Lipinski definition) is 3. The van der Waals surface area contributed by atoms with Crippen LogP contribution in [0.5, 0.6) is 0 Å². The molecule has 4 nitrogen and oxygen atoms in total. The third-order valence-electron chi connectivity index (χ3n) is 3.98. The van der Waals surface area contributed by atoms with Crippen LogP contribution in [0.15, 0.2) is 30.3 Å². The predicted molar refractivity (Wildman–Crippen MR) is 84.2 cm³/mol. The van der Waals surface area contributed by atoms with E-state index in [1.54, 1.807) is 7.11 Å². The SMILES string of the molecule is COCCC(=O)N1CC(C)(C)NCC1Cc1ccccc1. The van der Waals surface area contributed by atoms with E-state index < -0.39 is 0 Å². The van der Waals surface area contributed by atoms with E-state index in [1.807, 2.05) is 23.1 Å². The maximum absolute atomic E-state index is 12.5. The highest BCUT2D eigenvalue weighted by Gasteiger charge is 2.34. The molecule has 21 heavy (non-hydrogen) atoms. The van der Waals surface area contributed by atoms with Crippen LogP contribution in [0, 0.1) is 0 Å². The first-order valence-electron chi connectivity index (χ1n) is 7.59. The van der Waals surface area contributed by atoms with E-state index in [1.165, 1.54) is 5.56 Å². The Morgan fingerprint density at radius 1 is 1.38 bits per heavy atom. The second-order valence-electron chi connectivity index (χ2n) is 6.37. The minimum Gasteiger partial charge on any atom is -0.384 e. The van der Waals surface area contributed by atoms with Gasteiger partial charge in [-0.2, -0.15) is 0 Å². The number of ether oxygens (including phenoxy) is 1. The number of rotatable bonds is 5. The first-order valence-corrected chi connectivity index (χ1v) is 7.59.